The Morgan fingerprint density at radius 1 is 1.23 bits per heavy atom. The highest BCUT2D eigenvalue weighted by molar-refractivity contribution is 7.89. The molecule has 1 aliphatic rings. The van der Waals surface area contributed by atoms with Gasteiger partial charge in [-0.3, -0.25) is 9.78 Å². The van der Waals surface area contributed by atoms with Crippen molar-refractivity contribution in [1.29, 1.82) is 0 Å². The topological polar surface area (TPSA) is 110 Å². The van der Waals surface area contributed by atoms with Crippen LogP contribution in [0, 0.1) is 13.8 Å². The fourth-order valence-corrected chi connectivity index (χ4v) is 5.95. The van der Waals surface area contributed by atoms with E-state index in [1.165, 1.54) is 15.6 Å². The molecule has 0 spiro atoms. The third-order valence-electron chi connectivity index (χ3n) is 4.95. The molecule has 9 nitrogen and oxygen atoms in total. The van der Waals surface area contributed by atoms with Crippen LogP contribution in [0.15, 0.2) is 39.3 Å². The molecule has 1 amide bonds. The summed E-state index contributed by atoms with van der Waals surface area (Å²) in [5.74, 6) is 0.214. The molecule has 1 saturated heterocycles. The highest BCUT2D eigenvalue weighted by atomic mass is 32.2. The van der Waals surface area contributed by atoms with Gasteiger partial charge in [0.1, 0.15) is 15.6 Å². The third-order valence-corrected chi connectivity index (χ3v) is 8.03. The van der Waals surface area contributed by atoms with Gasteiger partial charge in [0.25, 0.3) is 0 Å². The van der Waals surface area contributed by atoms with Crippen LogP contribution in [-0.2, 0) is 21.2 Å². The van der Waals surface area contributed by atoms with Gasteiger partial charge in [-0.2, -0.15) is 4.31 Å². The summed E-state index contributed by atoms with van der Waals surface area (Å²) in [4.78, 5) is 23.1. The molecule has 0 saturated carbocycles. The Morgan fingerprint density at radius 2 is 2.00 bits per heavy atom. The molecule has 158 valence electrons. The fraction of sp³-hybridized carbons (Fsp3) is 0.368. The third kappa shape index (κ3) is 4.00. The summed E-state index contributed by atoms with van der Waals surface area (Å²) in [6, 6.07) is 3.77. The van der Waals surface area contributed by atoms with E-state index in [0.717, 1.165) is 10.6 Å². The minimum atomic E-state index is -3.69. The second kappa shape index (κ2) is 8.25. The number of hydrogen-bond donors (Lipinski definition) is 0. The van der Waals surface area contributed by atoms with Crippen molar-refractivity contribution in [3.8, 4) is 10.6 Å². The Hall–Kier alpha value is -2.63. The number of aryl methyl sites for hydroxylation is 2. The van der Waals surface area contributed by atoms with E-state index in [9.17, 15) is 13.2 Å². The lowest BCUT2D eigenvalue weighted by Gasteiger charge is -2.33. The van der Waals surface area contributed by atoms with Gasteiger partial charge in [0.2, 0.25) is 15.9 Å². The van der Waals surface area contributed by atoms with Crippen molar-refractivity contribution in [3.63, 3.8) is 0 Å². The lowest BCUT2D eigenvalue weighted by molar-refractivity contribution is -0.131. The largest absolute Gasteiger partial charge is 0.360 e. The molecule has 4 rings (SSSR count). The Kier molecular flexibility index (Phi) is 5.67. The molecule has 0 radical (unpaired) electrons. The smallest absolute Gasteiger partial charge is 0.248 e. The number of rotatable bonds is 5. The first-order chi connectivity index (χ1) is 14.4. The molecule has 4 heterocycles. The molecule has 1 fully saturated rings. The van der Waals surface area contributed by atoms with Gasteiger partial charge in [-0.25, -0.2) is 13.4 Å². The zero-order chi connectivity index (χ0) is 21.3. The lowest BCUT2D eigenvalue weighted by atomic mass is 10.2. The maximum Gasteiger partial charge on any atom is 0.248 e. The van der Waals surface area contributed by atoms with Crippen LogP contribution >= 0.6 is 11.3 Å². The van der Waals surface area contributed by atoms with Crippen LogP contribution in [0.4, 0.5) is 0 Å². The summed E-state index contributed by atoms with van der Waals surface area (Å²) >= 11 is 1.47. The fourth-order valence-electron chi connectivity index (χ4n) is 3.43. The minimum Gasteiger partial charge on any atom is -0.360 e. The second-order valence-electron chi connectivity index (χ2n) is 7.00. The van der Waals surface area contributed by atoms with Crippen LogP contribution in [0.2, 0.25) is 0 Å². The van der Waals surface area contributed by atoms with Crippen LogP contribution in [-0.4, -0.2) is 64.8 Å². The number of hydrogen-bond acceptors (Lipinski definition) is 8. The molecule has 3 aromatic heterocycles. The van der Waals surface area contributed by atoms with E-state index >= 15 is 0 Å². The Labute approximate surface area is 178 Å². The summed E-state index contributed by atoms with van der Waals surface area (Å²) in [6.07, 6.45) is 3.63. The van der Waals surface area contributed by atoms with Crippen molar-refractivity contribution in [2.75, 3.05) is 26.2 Å². The van der Waals surface area contributed by atoms with Crippen molar-refractivity contribution >= 4 is 27.3 Å². The summed E-state index contributed by atoms with van der Waals surface area (Å²) in [5.41, 5.74) is 1.97. The molecule has 3 aromatic rings. The van der Waals surface area contributed by atoms with Gasteiger partial charge in [0, 0.05) is 49.5 Å². The van der Waals surface area contributed by atoms with E-state index in [0.29, 0.717) is 24.5 Å². The predicted molar refractivity (Wildman–Crippen MR) is 110 cm³/mol. The highest BCUT2D eigenvalue weighted by Gasteiger charge is 2.34. The van der Waals surface area contributed by atoms with E-state index in [1.807, 2.05) is 17.5 Å². The van der Waals surface area contributed by atoms with Crippen LogP contribution < -0.4 is 0 Å². The van der Waals surface area contributed by atoms with E-state index in [-0.39, 0.29) is 36.1 Å². The highest BCUT2D eigenvalue weighted by Crippen LogP contribution is 2.25. The zero-order valence-electron chi connectivity index (χ0n) is 16.6. The second-order valence-corrected chi connectivity index (χ2v) is 9.73. The SMILES string of the molecule is Cc1noc(C)c1S(=O)(=O)N1CCN(C(=O)Cc2csc(-c3cccnc3)n2)CC1. The van der Waals surface area contributed by atoms with Crippen molar-refractivity contribution in [2.45, 2.75) is 25.2 Å². The molecule has 0 atom stereocenters. The molecule has 0 aliphatic carbocycles. The number of carbonyl (C=O) groups is 1. The van der Waals surface area contributed by atoms with Crippen LogP contribution in [0.1, 0.15) is 17.1 Å². The molecule has 0 N–H and O–H groups in total. The van der Waals surface area contributed by atoms with Gasteiger partial charge < -0.3 is 9.42 Å². The quantitative estimate of drug-likeness (QED) is 0.587. The number of pyridine rings is 1. The first-order valence-electron chi connectivity index (χ1n) is 9.42. The predicted octanol–water partition coefficient (Wildman–Crippen LogP) is 1.89. The average Bonchev–Trinajstić information content (AvgIpc) is 3.35. The van der Waals surface area contributed by atoms with Gasteiger partial charge in [-0.15, -0.1) is 11.3 Å². The molecule has 11 heteroatoms. The number of carbonyl (C=O) groups excluding carboxylic acids is 1. The monoisotopic (exact) mass is 447 g/mol. The Morgan fingerprint density at radius 3 is 2.63 bits per heavy atom. The molecular formula is C19H21N5O4S2. The van der Waals surface area contributed by atoms with Crippen LogP contribution in [0.25, 0.3) is 10.6 Å². The van der Waals surface area contributed by atoms with Crippen molar-refractivity contribution in [2.24, 2.45) is 0 Å². The molecule has 1 aliphatic heterocycles. The molecule has 0 aromatic carbocycles. The maximum absolute atomic E-state index is 12.9. The first-order valence-corrected chi connectivity index (χ1v) is 11.7. The zero-order valence-corrected chi connectivity index (χ0v) is 18.2. The van der Waals surface area contributed by atoms with Crippen LogP contribution in [0.5, 0.6) is 0 Å². The number of amides is 1. The standard InChI is InChI=1S/C19H21N5O4S2/c1-13-18(14(2)28-22-13)30(26,27)24-8-6-23(7-9-24)17(25)10-16-12-29-19(21-16)15-4-3-5-20-11-15/h3-5,11-12H,6-10H2,1-2H3. The average molecular weight is 448 g/mol. The number of aromatic nitrogens is 3. The summed E-state index contributed by atoms with van der Waals surface area (Å²) < 4.78 is 32.2. The molecule has 30 heavy (non-hydrogen) atoms. The van der Waals surface area contributed by atoms with Gasteiger partial charge in [-0.05, 0) is 26.0 Å². The van der Waals surface area contributed by atoms with E-state index in [1.54, 1.807) is 31.1 Å². The first kappa shape index (κ1) is 20.6. The number of piperazine rings is 1. The Balaban J connectivity index is 1.38. The number of nitrogens with zero attached hydrogens (tertiary/aromatic N) is 5. The number of sulfonamides is 1. The van der Waals surface area contributed by atoms with Crippen molar-refractivity contribution in [1.82, 2.24) is 24.3 Å². The minimum absolute atomic E-state index is 0.0626. The van der Waals surface area contributed by atoms with Crippen molar-refractivity contribution in [3.05, 3.63) is 47.1 Å². The lowest BCUT2D eigenvalue weighted by Crippen LogP contribution is -2.51. The summed E-state index contributed by atoms with van der Waals surface area (Å²) in [5, 5.41) is 6.43. The summed E-state index contributed by atoms with van der Waals surface area (Å²) in [7, 11) is -3.69. The van der Waals surface area contributed by atoms with Gasteiger partial charge in [-0.1, -0.05) is 5.16 Å². The molecule has 0 bridgehead atoms. The number of thiazole rings is 1. The molecular weight excluding hydrogens is 426 g/mol. The summed E-state index contributed by atoms with van der Waals surface area (Å²) in [6.45, 7) is 4.32. The van der Waals surface area contributed by atoms with E-state index < -0.39 is 10.0 Å². The van der Waals surface area contributed by atoms with Gasteiger partial charge in [0.15, 0.2) is 5.76 Å². The van der Waals surface area contributed by atoms with Crippen molar-refractivity contribution < 1.29 is 17.7 Å². The molecule has 0 unspecified atom stereocenters. The maximum atomic E-state index is 12.9. The Bertz CT molecular complexity index is 1130. The van der Waals surface area contributed by atoms with E-state index in [2.05, 4.69) is 15.1 Å². The normalized spacial score (nSPS) is 15.5. The van der Waals surface area contributed by atoms with Gasteiger partial charge >= 0.3 is 0 Å². The van der Waals surface area contributed by atoms with Gasteiger partial charge in [0.05, 0.1) is 12.1 Å². The van der Waals surface area contributed by atoms with Crippen LogP contribution in [0.3, 0.4) is 0 Å². The van der Waals surface area contributed by atoms with E-state index in [4.69, 9.17) is 4.52 Å².